The van der Waals surface area contributed by atoms with Gasteiger partial charge < -0.3 is 11.1 Å². The number of carbonyl (C=O) groups is 2. The molecule has 1 rings (SSSR count). The molecule has 0 radical (unpaired) electrons. The third-order valence-electron chi connectivity index (χ3n) is 2.07. The number of aryl methyl sites for hydroxylation is 1. The molecule has 0 fully saturated rings. The lowest BCUT2D eigenvalue weighted by Crippen LogP contribution is -2.21. The highest BCUT2D eigenvalue weighted by molar-refractivity contribution is 7.16. The molecular formula is C9H10Cl2N2O2S. The van der Waals surface area contributed by atoms with Crippen LogP contribution in [0.15, 0.2) is 0 Å². The SMILES string of the molecule is Cc1sc(NC(=O)C(Cl)Cl)c(C(N)=O)c1C. The van der Waals surface area contributed by atoms with E-state index in [0.717, 1.165) is 10.4 Å². The highest BCUT2D eigenvalue weighted by atomic mass is 35.5. The predicted octanol–water partition coefficient (Wildman–Crippen LogP) is 2.21. The van der Waals surface area contributed by atoms with Gasteiger partial charge >= 0.3 is 0 Å². The summed E-state index contributed by atoms with van der Waals surface area (Å²) in [5, 5.41) is 2.86. The summed E-state index contributed by atoms with van der Waals surface area (Å²) in [6.45, 7) is 3.60. The van der Waals surface area contributed by atoms with Crippen LogP contribution in [0.25, 0.3) is 0 Å². The molecule has 0 bridgehead atoms. The van der Waals surface area contributed by atoms with Crippen molar-refractivity contribution in [1.82, 2.24) is 0 Å². The van der Waals surface area contributed by atoms with E-state index < -0.39 is 16.7 Å². The summed E-state index contributed by atoms with van der Waals surface area (Å²) in [4.78, 5) is 22.2. The smallest absolute Gasteiger partial charge is 0.258 e. The van der Waals surface area contributed by atoms with Gasteiger partial charge in [-0.3, -0.25) is 9.59 Å². The Balaban J connectivity index is 3.10. The second kappa shape index (κ2) is 5.03. The molecule has 0 aliphatic carbocycles. The molecule has 1 aromatic rings. The lowest BCUT2D eigenvalue weighted by molar-refractivity contribution is -0.114. The predicted molar refractivity (Wildman–Crippen MR) is 66.4 cm³/mol. The monoisotopic (exact) mass is 280 g/mol. The van der Waals surface area contributed by atoms with Crippen molar-refractivity contribution in [3.63, 3.8) is 0 Å². The van der Waals surface area contributed by atoms with Crippen LogP contribution in [-0.4, -0.2) is 16.7 Å². The van der Waals surface area contributed by atoms with Crippen LogP contribution in [0.4, 0.5) is 5.00 Å². The van der Waals surface area contributed by atoms with E-state index in [2.05, 4.69) is 5.32 Å². The average Bonchev–Trinajstić information content (AvgIpc) is 2.42. The van der Waals surface area contributed by atoms with Gasteiger partial charge in [0.25, 0.3) is 11.8 Å². The fraction of sp³-hybridized carbons (Fsp3) is 0.333. The third kappa shape index (κ3) is 2.66. The van der Waals surface area contributed by atoms with Gasteiger partial charge in [-0.15, -0.1) is 11.3 Å². The minimum Gasteiger partial charge on any atom is -0.365 e. The first-order valence-electron chi connectivity index (χ1n) is 4.33. The fourth-order valence-electron chi connectivity index (χ4n) is 1.18. The Labute approximate surface area is 107 Å². The maximum atomic E-state index is 11.3. The van der Waals surface area contributed by atoms with E-state index in [-0.39, 0.29) is 0 Å². The maximum Gasteiger partial charge on any atom is 0.258 e. The number of amides is 2. The van der Waals surface area contributed by atoms with Crippen LogP contribution in [0, 0.1) is 13.8 Å². The first kappa shape index (κ1) is 13.3. The van der Waals surface area contributed by atoms with Crippen molar-refractivity contribution in [3.05, 3.63) is 16.0 Å². The molecule has 7 heteroatoms. The number of thiophene rings is 1. The van der Waals surface area contributed by atoms with Gasteiger partial charge in [0.05, 0.1) is 5.56 Å². The zero-order valence-corrected chi connectivity index (χ0v) is 11.0. The Morgan fingerprint density at radius 1 is 1.38 bits per heavy atom. The maximum absolute atomic E-state index is 11.3. The van der Waals surface area contributed by atoms with Crippen molar-refractivity contribution >= 4 is 51.4 Å². The Bertz CT molecular complexity index is 443. The number of rotatable bonds is 3. The molecule has 2 amide bonds. The Hall–Kier alpha value is -0.780. The molecule has 0 saturated heterocycles. The van der Waals surface area contributed by atoms with Gasteiger partial charge in [0, 0.05) is 4.88 Å². The van der Waals surface area contributed by atoms with E-state index in [1.54, 1.807) is 6.92 Å². The number of hydrogen-bond donors (Lipinski definition) is 2. The van der Waals surface area contributed by atoms with Gasteiger partial charge in [0.1, 0.15) is 5.00 Å². The van der Waals surface area contributed by atoms with Crippen molar-refractivity contribution in [2.24, 2.45) is 5.73 Å². The van der Waals surface area contributed by atoms with Crippen molar-refractivity contribution in [1.29, 1.82) is 0 Å². The van der Waals surface area contributed by atoms with Crippen LogP contribution < -0.4 is 11.1 Å². The standard InChI is InChI=1S/C9H10Cl2N2O2S/c1-3-4(2)16-9(5(3)7(12)14)13-8(15)6(10)11/h6H,1-2H3,(H2,12,14)(H,13,15). The second-order valence-corrected chi connectivity index (χ2v) is 5.46. The molecule has 16 heavy (non-hydrogen) atoms. The molecule has 0 atom stereocenters. The summed E-state index contributed by atoms with van der Waals surface area (Å²) in [7, 11) is 0. The highest BCUT2D eigenvalue weighted by Crippen LogP contribution is 2.32. The van der Waals surface area contributed by atoms with Gasteiger partial charge in [0.15, 0.2) is 4.84 Å². The minimum atomic E-state index is -1.18. The Morgan fingerprint density at radius 3 is 2.38 bits per heavy atom. The molecule has 1 heterocycles. The summed E-state index contributed by atoms with van der Waals surface area (Å²) < 4.78 is 0. The van der Waals surface area contributed by atoms with Crippen molar-refractivity contribution in [2.45, 2.75) is 18.7 Å². The molecule has 88 valence electrons. The highest BCUT2D eigenvalue weighted by Gasteiger charge is 2.20. The fourth-order valence-corrected chi connectivity index (χ4v) is 2.36. The number of halogens is 2. The van der Waals surface area contributed by atoms with Gasteiger partial charge in [0.2, 0.25) is 0 Å². The van der Waals surface area contributed by atoms with Crippen LogP contribution in [0.1, 0.15) is 20.8 Å². The quantitative estimate of drug-likeness (QED) is 0.834. The first-order valence-corrected chi connectivity index (χ1v) is 6.02. The largest absolute Gasteiger partial charge is 0.365 e. The van der Waals surface area contributed by atoms with Crippen LogP contribution in [0.3, 0.4) is 0 Å². The molecular weight excluding hydrogens is 271 g/mol. The Kier molecular flexibility index (Phi) is 4.18. The van der Waals surface area contributed by atoms with E-state index in [9.17, 15) is 9.59 Å². The molecule has 3 N–H and O–H groups in total. The molecule has 0 saturated carbocycles. The molecule has 0 spiro atoms. The number of nitrogens with two attached hydrogens (primary N) is 1. The second-order valence-electron chi connectivity index (χ2n) is 3.14. The number of carbonyl (C=O) groups excluding carboxylic acids is 2. The van der Waals surface area contributed by atoms with Gasteiger partial charge in [-0.05, 0) is 19.4 Å². The van der Waals surface area contributed by atoms with E-state index in [1.807, 2.05) is 6.92 Å². The number of nitrogens with one attached hydrogen (secondary N) is 1. The molecule has 0 aliphatic rings. The van der Waals surface area contributed by atoms with Crippen molar-refractivity contribution < 1.29 is 9.59 Å². The third-order valence-corrected chi connectivity index (χ3v) is 3.59. The van der Waals surface area contributed by atoms with E-state index in [0.29, 0.717) is 10.6 Å². The van der Waals surface area contributed by atoms with E-state index in [4.69, 9.17) is 28.9 Å². The molecule has 0 unspecified atom stereocenters. The summed E-state index contributed by atoms with van der Waals surface area (Å²) >= 11 is 12.1. The average molecular weight is 281 g/mol. The topological polar surface area (TPSA) is 72.2 Å². The zero-order chi connectivity index (χ0) is 12.5. The molecule has 4 nitrogen and oxygen atoms in total. The zero-order valence-electron chi connectivity index (χ0n) is 8.64. The number of alkyl halides is 2. The van der Waals surface area contributed by atoms with Crippen LogP contribution in [0.2, 0.25) is 0 Å². The number of anilines is 1. The van der Waals surface area contributed by atoms with E-state index >= 15 is 0 Å². The minimum absolute atomic E-state index is 0.310. The van der Waals surface area contributed by atoms with Gasteiger partial charge in [-0.25, -0.2) is 0 Å². The lowest BCUT2D eigenvalue weighted by atomic mass is 10.1. The van der Waals surface area contributed by atoms with E-state index in [1.165, 1.54) is 11.3 Å². The summed E-state index contributed by atoms with van der Waals surface area (Å²) in [5.41, 5.74) is 6.30. The molecule has 1 aromatic heterocycles. The van der Waals surface area contributed by atoms with Gasteiger partial charge in [-0.2, -0.15) is 0 Å². The molecule has 0 aliphatic heterocycles. The summed E-state index contributed by atoms with van der Waals surface area (Å²) in [6.07, 6.45) is 0. The first-order chi connectivity index (χ1) is 7.34. The van der Waals surface area contributed by atoms with Crippen molar-refractivity contribution in [2.75, 3.05) is 5.32 Å². The summed E-state index contributed by atoms with van der Waals surface area (Å²) in [5.74, 6) is -1.16. The van der Waals surface area contributed by atoms with Crippen LogP contribution >= 0.6 is 34.5 Å². The Morgan fingerprint density at radius 2 is 1.94 bits per heavy atom. The number of primary amides is 1. The van der Waals surface area contributed by atoms with Crippen LogP contribution in [0.5, 0.6) is 0 Å². The number of hydrogen-bond acceptors (Lipinski definition) is 3. The van der Waals surface area contributed by atoms with Crippen LogP contribution in [-0.2, 0) is 4.79 Å². The summed E-state index contributed by atoms with van der Waals surface area (Å²) in [6, 6.07) is 0. The molecule has 0 aromatic carbocycles. The van der Waals surface area contributed by atoms with Crippen molar-refractivity contribution in [3.8, 4) is 0 Å². The lowest BCUT2D eigenvalue weighted by Gasteiger charge is -2.04. The van der Waals surface area contributed by atoms with Gasteiger partial charge in [-0.1, -0.05) is 23.2 Å². The normalized spacial score (nSPS) is 10.6.